The SMILES string of the molecule is CS(=O)(=O)Nc1ccc(OC23CCC(CC2)CC3)cc1. The first-order valence-electron chi connectivity index (χ1n) is 7.21. The van der Waals surface area contributed by atoms with Gasteiger partial charge >= 0.3 is 0 Å². The van der Waals surface area contributed by atoms with Gasteiger partial charge in [-0.2, -0.15) is 0 Å². The maximum atomic E-state index is 11.2. The molecule has 2 bridgehead atoms. The van der Waals surface area contributed by atoms with Gasteiger partial charge in [0.1, 0.15) is 11.4 Å². The Kier molecular flexibility index (Phi) is 3.40. The van der Waals surface area contributed by atoms with E-state index in [0.29, 0.717) is 5.69 Å². The molecule has 0 amide bonds. The number of nitrogens with one attached hydrogen (secondary N) is 1. The molecule has 1 N–H and O–H groups in total. The number of rotatable bonds is 4. The first-order valence-corrected chi connectivity index (χ1v) is 9.10. The number of anilines is 1. The molecular formula is C15H21NO3S. The van der Waals surface area contributed by atoms with Crippen molar-refractivity contribution in [2.24, 2.45) is 5.92 Å². The average Bonchev–Trinajstić information content (AvgIpc) is 2.41. The van der Waals surface area contributed by atoms with Crippen molar-refractivity contribution in [3.05, 3.63) is 24.3 Å². The minimum Gasteiger partial charge on any atom is -0.487 e. The van der Waals surface area contributed by atoms with E-state index >= 15 is 0 Å². The first kappa shape index (κ1) is 13.7. The first-order chi connectivity index (χ1) is 9.44. The predicted molar refractivity (Wildman–Crippen MR) is 79.5 cm³/mol. The lowest BCUT2D eigenvalue weighted by Gasteiger charge is -2.46. The van der Waals surface area contributed by atoms with E-state index in [2.05, 4.69) is 4.72 Å². The molecule has 0 spiro atoms. The molecule has 0 atom stereocenters. The molecule has 4 rings (SSSR count). The lowest BCUT2D eigenvalue weighted by atomic mass is 9.68. The van der Waals surface area contributed by atoms with Gasteiger partial charge in [0.15, 0.2) is 0 Å². The fourth-order valence-corrected chi connectivity index (χ4v) is 3.98. The summed E-state index contributed by atoms with van der Waals surface area (Å²) >= 11 is 0. The van der Waals surface area contributed by atoms with Crippen LogP contribution in [0.4, 0.5) is 5.69 Å². The number of ether oxygens (including phenoxy) is 1. The Labute approximate surface area is 120 Å². The summed E-state index contributed by atoms with van der Waals surface area (Å²) in [5.74, 6) is 1.76. The molecular weight excluding hydrogens is 274 g/mol. The maximum absolute atomic E-state index is 11.2. The van der Waals surface area contributed by atoms with E-state index in [1.165, 1.54) is 19.3 Å². The highest BCUT2D eigenvalue weighted by Gasteiger charge is 2.42. The molecule has 3 saturated carbocycles. The van der Waals surface area contributed by atoms with Crippen LogP contribution in [0.25, 0.3) is 0 Å². The minimum atomic E-state index is -3.22. The summed E-state index contributed by atoms with van der Waals surface area (Å²) in [5, 5.41) is 0. The molecule has 3 fully saturated rings. The summed E-state index contributed by atoms with van der Waals surface area (Å²) in [6.45, 7) is 0. The van der Waals surface area contributed by atoms with Crippen LogP contribution in [0.5, 0.6) is 5.75 Å². The monoisotopic (exact) mass is 295 g/mol. The summed E-state index contributed by atoms with van der Waals surface area (Å²) in [6, 6.07) is 7.20. The zero-order valence-electron chi connectivity index (χ0n) is 11.8. The van der Waals surface area contributed by atoms with Crippen LogP contribution in [-0.2, 0) is 10.0 Å². The van der Waals surface area contributed by atoms with Gasteiger partial charge in [0, 0.05) is 5.69 Å². The Morgan fingerprint density at radius 2 is 1.65 bits per heavy atom. The lowest BCUT2D eigenvalue weighted by Crippen LogP contribution is -2.44. The Morgan fingerprint density at radius 3 is 2.15 bits per heavy atom. The molecule has 4 nitrogen and oxygen atoms in total. The van der Waals surface area contributed by atoms with E-state index in [4.69, 9.17) is 4.74 Å². The zero-order valence-corrected chi connectivity index (χ0v) is 12.6. The molecule has 3 aliphatic rings. The number of sulfonamides is 1. The molecule has 0 aliphatic heterocycles. The van der Waals surface area contributed by atoms with Crippen molar-refractivity contribution >= 4 is 15.7 Å². The van der Waals surface area contributed by atoms with Crippen molar-refractivity contribution < 1.29 is 13.2 Å². The second-order valence-corrected chi connectivity index (χ2v) is 7.91. The fourth-order valence-electron chi connectivity index (χ4n) is 3.42. The quantitative estimate of drug-likeness (QED) is 0.928. The maximum Gasteiger partial charge on any atom is 0.229 e. The Hall–Kier alpha value is -1.23. The average molecular weight is 295 g/mol. The van der Waals surface area contributed by atoms with E-state index in [0.717, 1.165) is 37.2 Å². The van der Waals surface area contributed by atoms with E-state index in [1.807, 2.05) is 12.1 Å². The number of hydrogen-bond acceptors (Lipinski definition) is 3. The number of hydrogen-bond donors (Lipinski definition) is 1. The van der Waals surface area contributed by atoms with Crippen molar-refractivity contribution in [3.8, 4) is 5.75 Å². The highest BCUT2D eigenvalue weighted by molar-refractivity contribution is 7.92. The Morgan fingerprint density at radius 1 is 1.10 bits per heavy atom. The van der Waals surface area contributed by atoms with Gasteiger partial charge in [-0.15, -0.1) is 0 Å². The molecule has 0 unspecified atom stereocenters. The molecule has 110 valence electrons. The zero-order chi connectivity index (χ0) is 14.2. The normalized spacial score (nSPS) is 29.1. The molecule has 0 saturated heterocycles. The summed E-state index contributed by atoms with van der Waals surface area (Å²) in [5.41, 5.74) is 0.602. The summed E-state index contributed by atoms with van der Waals surface area (Å²) in [7, 11) is -3.22. The van der Waals surface area contributed by atoms with Crippen molar-refractivity contribution in [3.63, 3.8) is 0 Å². The largest absolute Gasteiger partial charge is 0.487 e. The third-order valence-electron chi connectivity index (χ3n) is 4.52. The van der Waals surface area contributed by atoms with Crippen molar-refractivity contribution in [2.75, 3.05) is 11.0 Å². The standard InChI is InChI=1S/C15H21NO3S/c1-20(17,18)16-13-2-4-14(5-3-13)19-15-9-6-12(7-10-15)8-11-15/h2-5,12,16H,6-11H2,1H3. The molecule has 0 heterocycles. The van der Waals surface area contributed by atoms with Gasteiger partial charge in [-0.25, -0.2) is 8.42 Å². The molecule has 1 aromatic carbocycles. The number of fused-ring (bicyclic) bond motifs is 3. The van der Waals surface area contributed by atoms with E-state index in [1.54, 1.807) is 12.1 Å². The third-order valence-corrected chi connectivity index (χ3v) is 5.12. The number of benzene rings is 1. The Balaban J connectivity index is 1.69. The molecule has 1 aromatic rings. The van der Waals surface area contributed by atoms with Crippen LogP contribution in [0.3, 0.4) is 0 Å². The van der Waals surface area contributed by atoms with Crippen molar-refractivity contribution in [1.29, 1.82) is 0 Å². The highest BCUT2D eigenvalue weighted by Crippen LogP contribution is 2.46. The van der Waals surface area contributed by atoms with Crippen LogP contribution in [-0.4, -0.2) is 20.3 Å². The van der Waals surface area contributed by atoms with Crippen LogP contribution in [0.1, 0.15) is 38.5 Å². The Bertz CT molecular complexity index is 558. The van der Waals surface area contributed by atoms with Crippen LogP contribution >= 0.6 is 0 Å². The van der Waals surface area contributed by atoms with Gasteiger partial charge in [-0.05, 0) is 68.7 Å². The van der Waals surface area contributed by atoms with Crippen LogP contribution < -0.4 is 9.46 Å². The van der Waals surface area contributed by atoms with Gasteiger partial charge in [0.2, 0.25) is 10.0 Å². The van der Waals surface area contributed by atoms with Gasteiger partial charge in [0.05, 0.1) is 6.26 Å². The van der Waals surface area contributed by atoms with E-state index in [-0.39, 0.29) is 5.60 Å². The molecule has 0 aromatic heterocycles. The van der Waals surface area contributed by atoms with Crippen LogP contribution in [0.2, 0.25) is 0 Å². The highest BCUT2D eigenvalue weighted by atomic mass is 32.2. The van der Waals surface area contributed by atoms with Gasteiger partial charge in [-0.1, -0.05) is 0 Å². The topological polar surface area (TPSA) is 55.4 Å². The minimum absolute atomic E-state index is 0.0283. The van der Waals surface area contributed by atoms with Crippen LogP contribution in [0.15, 0.2) is 24.3 Å². The van der Waals surface area contributed by atoms with Gasteiger partial charge in [0.25, 0.3) is 0 Å². The predicted octanol–water partition coefficient (Wildman–Crippen LogP) is 3.16. The van der Waals surface area contributed by atoms with Gasteiger partial charge < -0.3 is 4.74 Å². The second kappa shape index (κ2) is 4.95. The molecule has 5 heteroatoms. The molecule has 0 radical (unpaired) electrons. The van der Waals surface area contributed by atoms with Crippen molar-refractivity contribution in [2.45, 2.75) is 44.1 Å². The molecule has 3 aliphatic carbocycles. The van der Waals surface area contributed by atoms with E-state index < -0.39 is 10.0 Å². The molecule has 20 heavy (non-hydrogen) atoms. The summed E-state index contributed by atoms with van der Waals surface area (Å²) in [6.07, 6.45) is 8.47. The van der Waals surface area contributed by atoms with Crippen molar-refractivity contribution in [1.82, 2.24) is 0 Å². The summed E-state index contributed by atoms with van der Waals surface area (Å²) < 4.78 is 31.0. The third kappa shape index (κ3) is 3.08. The van der Waals surface area contributed by atoms with E-state index in [9.17, 15) is 8.42 Å². The van der Waals surface area contributed by atoms with Gasteiger partial charge in [-0.3, -0.25) is 4.72 Å². The lowest BCUT2D eigenvalue weighted by molar-refractivity contribution is -0.0323. The van der Waals surface area contributed by atoms with Crippen LogP contribution in [0, 0.1) is 5.92 Å². The smallest absolute Gasteiger partial charge is 0.229 e. The second-order valence-electron chi connectivity index (χ2n) is 6.17. The fraction of sp³-hybridized carbons (Fsp3) is 0.600. The summed E-state index contributed by atoms with van der Waals surface area (Å²) in [4.78, 5) is 0.